The number of nitrogens with zero attached hydrogens (tertiary/aromatic N) is 3. The maximum Gasteiger partial charge on any atom is 0.234 e. The molecule has 1 N–H and O–H groups in total. The minimum atomic E-state index is -3.62. The van der Waals surface area contributed by atoms with Gasteiger partial charge >= 0.3 is 0 Å². The van der Waals surface area contributed by atoms with Crippen molar-refractivity contribution in [2.75, 3.05) is 76.8 Å². The highest BCUT2D eigenvalue weighted by molar-refractivity contribution is 7.92. The summed E-state index contributed by atoms with van der Waals surface area (Å²) in [5, 5.41) is 0. The number of amides is 1. The fourth-order valence-electron chi connectivity index (χ4n) is 4.61. The lowest BCUT2D eigenvalue weighted by molar-refractivity contribution is -0.131. The van der Waals surface area contributed by atoms with Gasteiger partial charge in [0.1, 0.15) is 0 Å². The van der Waals surface area contributed by atoms with Gasteiger partial charge in [0.05, 0.1) is 51.2 Å². The first-order chi connectivity index (χ1) is 19.9. The first kappa shape index (κ1) is 32.9. The number of anilines is 1. The van der Waals surface area contributed by atoms with Gasteiger partial charge in [0.25, 0.3) is 0 Å². The van der Waals surface area contributed by atoms with Crippen molar-refractivity contribution >= 4 is 21.6 Å². The molecule has 1 saturated heterocycles. The fourth-order valence-corrected chi connectivity index (χ4v) is 5.54. The molecule has 0 saturated carbocycles. The molecular formula is C30H46N4O6S. The van der Waals surface area contributed by atoms with Gasteiger partial charge in [-0.15, -0.1) is 0 Å². The molecule has 1 aliphatic rings. The second-order valence-electron chi connectivity index (χ2n) is 10.3. The quantitative estimate of drug-likeness (QED) is 0.233. The minimum Gasteiger partial charge on any atom is -0.379 e. The molecule has 2 heterocycles. The molecule has 1 aliphatic heterocycles. The van der Waals surface area contributed by atoms with Gasteiger partial charge in [-0.1, -0.05) is 31.5 Å². The Hall–Kier alpha value is -2.57. The standard InChI is InChI=1S/C30H46N4O6S/c1-3-4-16-38-17-18-39-19-20-40-21-22-41(36,37)32-28-12-9-10-26(23-28)29(25-34-14-7-8-15-34)33(2)30(35)24-27-11-5-6-13-31-27/h5-6,9-13,23,29,32H,3-4,7-8,14-22,24-25H2,1-2H3. The Morgan fingerprint density at radius 2 is 1.71 bits per heavy atom. The summed E-state index contributed by atoms with van der Waals surface area (Å²) < 4.78 is 44.5. The lowest BCUT2D eigenvalue weighted by atomic mass is 10.0. The maximum absolute atomic E-state index is 13.2. The molecule has 0 aliphatic carbocycles. The number of ether oxygens (including phenoxy) is 3. The monoisotopic (exact) mass is 590 g/mol. The van der Waals surface area contributed by atoms with E-state index in [1.54, 1.807) is 17.2 Å². The van der Waals surface area contributed by atoms with Crippen LogP contribution in [0.15, 0.2) is 48.7 Å². The predicted octanol–water partition coefficient (Wildman–Crippen LogP) is 3.51. The molecule has 1 atom stereocenters. The smallest absolute Gasteiger partial charge is 0.234 e. The number of likely N-dealkylation sites (N-methyl/N-ethyl adjacent to an activating group) is 1. The first-order valence-electron chi connectivity index (χ1n) is 14.6. The largest absolute Gasteiger partial charge is 0.379 e. The molecule has 228 valence electrons. The number of rotatable bonds is 20. The van der Waals surface area contributed by atoms with Gasteiger partial charge in [-0.3, -0.25) is 14.5 Å². The number of pyridine rings is 1. The van der Waals surface area contributed by atoms with E-state index in [9.17, 15) is 13.2 Å². The van der Waals surface area contributed by atoms with Gasteiger partial charge in [-0.25, -0.2) is 8.42 Å². The third-order valence-corrected chi connectivity index (χ3v) is 8.23. The molecule has 1 aromatic carbocycles. The lowest BCUT2D eigenvalue weighted by Crippen LogP contribution is -2.39. The second-order valence-corrected chi connectivity index (χ2v) is 12.1. The Morgan fingerprint density at radius 3 is 2.39 bits per heavy atom. The van der Waals surface area contributed by atoms with Crippen molar-refractivity contribution < 1.29 is 27.4 Å². The summed E-state index contributed by atoms with van der Waals surface area (Å²) >= 11 is 0. The SMILES string of the molecule is CCCCOCCOCCOCCS(=O)(=O)Nc1cccc(C(CN2CCCC2)N(C)C(=O)Cc2ccccn2)c1. The number of likely N-dealkylation sites (tertiary alicyclic amines) is 1. The molecule has 11 heteroatoms. The van der Waals surface area contributed by atoms with Crippen LogP contribution in [-0.4, -0.2) is 101 Å². The van der Waals surface area contributed by atoms with Gasteiger partial charge in [0.2, 0.25) is 15.9 Å². The van der Waals surface area contributed by atoms with E-state index in [2.05, 4.69) is 21.5 Å². The summed E-state index contributed by atoms with van der Waals surface area (Å²) in [6, 6.07) is 12.6. The molecular weight excluding hydrogens is 544 g/mol. The summed E-state index contributed by atoms with van der Waals surface area (Å²) in [5.41, 5.74) is 2.06. The van der Waals surface area contributed by atoms with E-state index >= 15 is 0 Å². The molecule has 1 amide bonds. The Balaban J connectivity index is 1.52. The zero-order valence-electron chi connectivity index (χ0n) is 24.5. The zero-order chi connectivity index (χ0) is 29.3. The summed E-state index contributed by atoms with van der Waals surface area (Å²) in [5.74, 6) is -0.208. The van der Waals surface area contributed by atoms with Crippen LogP contribution in [0.4, 0.5) is 5.69 Å². The van der Waals surface area contributed by atoms with Crippen molar-refractivity contribution in [3.05, 3.63) is 59.9 Å². The number of benzene rings is 1. The fraction of sp³-hybridized carbons (Fsp3) is 0.600. The Bertz CT molecular complexity index is 1130. The number of carbonyl (C=O) groups is 1. The van der Waals surface area contributed by atoms with E-state index in [1.807, 2.05) is 43.4 Å². The number of sulfonamides is 1. The maximum atomic E-state index is 13.2. The van der Waals surface area contributed by atoms with Crippen LogP contribution in [0, 0.1) is 0 Å². The molecule has 0 bridgehead atoms. The van der Waals surface area contributed by atoms with Gasteiger partial charge in [0, 0.05) is 37.8 Å². The van der Waals surface area contributed by atoms with E-state index in [0.717, 1.165) is 56.6 Å². The topological polar surface area (TPSA) is 110 Å². The van der Waals surface area contributed by atoms with Gasteiger partial charge in [-0.05, 0) is 62.2 Å². The van der Waals surface area contributed by atoms with Crippen molar-refractivity contribution in [3.63, 3.8) is 0 Å². The third kappa shape index (κ3) is 12.5. The van der Waals surface area contributed by atoms with Gasteiger partial charge in [0.15, 0.2) is 0 Å². The van der Waals surface area contributed by atoms with Crippen molar-refractivity contribution in [1.82, 2.24) is 14.8 Å². The molecule has 41 heavy (non-hydrogen) atoms. The van der Waals surface area contributed by atoms with Crippen LogP contribution in [0.5, 0.6) is 0 Å². The Labute approximate surface area is 245 Å². The predicted molar refractivity (Wildman–Crippen MR) is 160 cm³/mol. The molecule has 3 rings (SSSR count). The molecule has 1 unspecified atom stereocenters. The Morgan fingerprint density at radius 1 is 1.00 bits per heavy atom. The average Bonchev–Trinajstić information content (AvgIpc) is 3.48. The minimum absolute atomic E-state index is 0.0379. The lowest BCUT2D eigenvalue weighted by Gasteiger charge is -2.32. The summed E-state index contributed by atoms with van der Waals surface area (Å²) in [4.78, 5) is 21.6. The van der Waals surface area contributed by atoms with E-state index in [4.69, 9.17) is 14.2 Å². The highest BCUT2D eigenvalue weighted by Gasteiger charge is 2.26. The first-order valence-corrected chi connectivity index (χ1v) is 16.2. The molecule has 1 fully saturated rings. The van der Waals surface area contributed by atoms with E-state index in [-0.39, 0.29) is 30.7 Å². The van der Waals surface area contributed by atoms with Crippen molar-refractivity contribution in [3.8, 4) is 0 Å². The van der Waals surface area contributed by atoms with Crippen molar-refractivity contribution in [2.45, 2.75) is 45.1 Å². The van der Waals surface area contributed by atoms with Crippen molar-refractivity contribution in [1.29, 1.82) is 0 Å². The third-order valence-electron chi connectivity index (χ3n) is 6.98. The summed E-state index contributed by atoms with van der Waals surface area (Å²) in [6.45, 7) is 7.32. The summed E-state index contributed by atoms with van der Waals surface area (Å²) in [7, 11) is -1.81. The number of aromatic nitrogens is 1. The highest BCUT2D eigenvalue weighted by Crippen LogP contribution is 2.26. The van der Waals surface area contributed by atoms with Crippen LogP contribution in [-0.2, 0) is 35.4 Å². The average molecular weight is 591 g/mol. The normalized spacial score (nSPS) is 14.7. The highest BCUT2D eigenvalue weighted by atomic mass is 32.2. The molecule has 1 aromatic heterocycles. The number of hydrogen-bond donors (Lipinski definition) is 1. The van der Waals surface area contributed by atoms with Crippen LogP contribution in [0.3, 0.4) is 0 Å². The second kappa shape index (κ2) is 18.1. The van der Waals surface area contributed by atoms with E-state index in [0.29, 0.717) is 38.7 Å². The number of nitrogens with one attached hydrogen (secondary N) is 1. The summed E-state index contributed by atoms with van der Waals surface area (Å²) in [6.07, 6.45) is 6.31. The van der Waals surface area contributed by atoms with Crippen LogP contribution >= 0.6 is 0 Å². The van der Waals surface area contributed by atoms with Crippen LogP contribution in [0.1, 0.15) is 49.9 Å². The van der Waals surface area contributed by atoms with E-state index < -0.39 is 10.0 Å². The number of carbonyl (C=O) groups excluding carboxylic acids is 1. The Kier molecular flexibility index (Phi) is 14.5. The van der Waals surface area contributed by atoms with Crippen LogP contribution in [0.25, 0.3) is 0 Å². The van der Waals surface area contributed by atoms with Crippen molar-refractivity contribution in [2.24, 2.45) is 0 Å². The molecule has 10 nitrogen and oxygen atoms in total. The zero-order valence-corrected chi connectivity index (χ0v) is 25.3. The molecule has 0 radical (unpaired) electrons. The molecule has 0 spiro atoms. The van der Waals surface area contributed by atoms with Crippen LogP contribution < -0.4 is 4.72 Å². The van der Waals surface area contributed by atoms with Gasteiger partial charge in [-0.2, -0.15) is 0 Å². The molecule has 2 aromatic rings. The number of hydrogen-bond acceptors (Lipinski definition) is 8. The van der Waals surface area contributed by atoms with Crippen LogP contribution in [0.2, 0.25) is 0 Å². The van der Waals surface area contributed by atoms with E-state index in [1.165, 1.54) is 0 Å². The van der Waals surface area contributed by atoms with Gasteiger partial charge < -0.3 is 24.0 Å². The number of unbranched alkanes of at least 4 members (excludes halogenated alkanes) is 1.